The summed E-state index contributed by atoms with van der Waals surface area (Å²) >= 11 is 0. The minimum atomic E-state index is 0.0636. The lowest BCUT2D eigenvalue weighted by Crippen LogP contribution is -2.26. The summed E-state index contributed by atoms with van der Waals surface area (Å²) in [7, 11) is 1.51. The van der Waals surface area contributed by atoms with Crippen LogP contribution in [0.25, 0.3) is 0 Å². The average molecular weight is 260 g/mol. The number of nitriles is 2. The maximum atomic E-state index is 8.80. The number of hydrogen-bond donors (Lipinski definition) is 1. The highest BCUT2D eigenvalue weighted by Crippen LogP contribution is 2.31. The van der Waals surface area contributed by atoms with Gasteiger partial charge in [0.2, 0.25) is 5.75 Å². The fraction of sp³-hybridized carbons (Fsp3) is 0.500. The van der Waals surface area contributed by atoms with E-state index in [1.807, 2.05) is 19.1 Å². The van der Waals surface area contributed by atoms with Crippen LogP contribution in [-0.4, -0.2) is 36.7 Å². The van der Waals surface area contributed by atoms with Gasteiger partial charge < -0.3 is 15.0 Å². The summed E-state index contributed by atoms with van der Waals surface area (Å²) in [6.45, 7) is 2.92. The van der Waals surface area contributed by atoms with Gasteiger partial charge in [0.15, 0.2) is 11.6 Å². The molecule has 1 N–H and O–H groups in total. The Morgan fingerprint density at radius 2 is 2.00 bits per heavy atom. The molecule has 0 atom stereocenters. The summed E-state index contributed by atoms with van der Waals surface area (Å²) in [6, 6.07) is 4.01. The summed E-state index contributed by atoms with van der Waals surface area (Å²) < 4.78 is 5.30. The molecular weight excluding hydrogens is 244 g/mol. The van der Waals surface area contributed by atoms with E-state index in [1.54, 1.807) is 0 Å². The first-order valence-electron chi connectivity index (χ1n) is 5.90. The molecule has 0 bridgehead atoms. The Morgan fingerprint density at radius 3 is 2.53 bits per heavy atom. The van der Waals surface area contributed by atoms with Crippen LogP contribution in [0.1, 0.15) is 13.3 Å². The Kier molecular flexibility index (Phi) is 5.90. The zero-order valence-corrected chi connectivity index (χ0v) is 11.1. The van der Waals surface area contributed by atoms with E-state index >= 15 is 0 Å². The van der Waals surface area contributed by atoms with Gasteiger partial charge in [0.1, 0.15) is 19.4 Å². The third-order valence-electron chi connectivity index (χ3n) is 2.35. The first-order valence-corrected chi connectivity index (χ1v) is 5.90. The molecule has 0 aromatic carbocycles. The lowest BCUT2D eigenvalue weighted by Gasteiger charge is -2.20. The van der Waals surface area contributed by atoms with E-state index in [-0.39, 0.29) is 13.1 Å². The van der Waals surface area contributed by atoms with E-state index in [9.17, 15) is 0 Å². The average Bonchev–Trinajstić information content (AvgIpc) is 2.44. The smallest absolute Gasteiger partial charge is 0.204 e. The fourth-order valence-electron chi connectivity index (χ4n) is 1.52. The van der Waals surface area contributed by atoms with Crippen LogP contribution < -0.4 is 15.0 Å². The molecule has 0 spiro atoms. The van der Waals surface area contributed by atoms with Gasteiger partial charge in [-0.3, -0.25) is 0 Å². The van der Waals surface area contributed by atoms with Gasteiger partial charge in [-0.05, 0) is 6.42 Å². The van der Waals surface area contributed by atoms with E-state index in [0.29, 0.717) is 17.4 Å². The highest BCUT2D eigenvalue weighted by molar-refractivity contribution is 5.65. The van der Waals surface area contributed by atoms with Crippen molar-refractivity contribution < 1.29 is 4.74 Å². The molecule has 0 radical (unpaired) electrons. The second-order valence-corrected chi connectivity index (χ2v) is 3.68. The molecule has 0 aliphatic carbocycles. The molecule has 0 unspecified atom stereocenters. The Morgan fingerprint density at radius 1 is 1.32 bits per heavy atom. The molecule has 1 heterocycles. The predicted molar refractivity (Wildman–Crippen MR) is 70.8 cm³/mol. The number of methoxy groups -OCH3 is 1. The third-order valence-corrected chi connectivity index (χ3v) is 2.35. The van der Waals surface area contributed by atoms with Crippen molar-refractivity contribution in [3.63, 3.8) is 0 Å². The van der Waals surface area contributed by atoms with Crippen LogP contribution in [-0.2, 0) is 0 Å². The number of rotatable bonds is 7. The van der Waals surface area contributed by atoms with E-state index < -0.39 is 0 Å². The summed E-state index contributed by atoms with van der Waals surface area (Å²) in [5.41, 5.74) is 0. The normalized spacial score (nSPS) is 9.26. The van der Waals surface area contributed by atoms with Gasteiger partial charge in [0, 0.05) is 6.54 Å². The molecule has 0 saturated carbocycles. The second kappa shape index (κ2) is 7.72. The van der Waals surface area contributed by atoms with Gasteiger partial charge in [0.25, 0.3) is 0 Å². The predicted octanol–water partition coefficient (Wildman–Crippen LogP) is 1.16. The number of hydrogen-bond acceptors (Lipinski definition) is 7. The first kappa shape index (κ1) is 14.5. The zero-order valence-electron chi connectivity index (χ0n) is 11.1. The lowest BCUT2D eigenvalue weighted by molar-refractivity contribution is 0.413. The van der Waals surface area contributed by atoms with Gasteiger partial charge in [-0.2, -0.15) is 10.5 Å². The van der Waals surface area contributed by atoms with Crippen molar-refractivity contribution in [1.29, 1.82) is 10.5 Å². The molecule has 1 rings (SSSR count). The molecule has 0 saturated heterocycles. The van der Waals surface area contributed by atoms with Crippen LogP contribution in [0, 0.1) is 22.7 Å². The largest absolute Gasteiger partial charge is 0.490 e. The van der Waals surface area contributed by atoms with Crippen LogP contribution in [0.2, 0.25) is 0 Å². The van der Waals surface area contributed by atoms with Crippen LogP contribution in [0.3, 0.4) is 0 Å². The molecule has 100 valence electrons. The first-order chi connectivity index (χ1) is 9.28. The summed E-state index contributed by atoms with van der Waals surface area (Å²) in [5.74, 6) is 1.45. The zero-order chi connectivity index (χ0) is 14.1. The van der Waals surface area contributed by atoms with Crippen molar-refractivity contribution in [2.75, 3.05) is 37.0 Å². The minimum Gasteiger partial charge on any atom is -0.490 e. The lowest BCUT2D eigenvalue weighted by atomic mass is 10.3. The van der Waals surface area contributed by atoms with E-state index in [0.717, 1.165) is 13.0 Å². The van der Waals surface area contributed by atoms with Gasteiger partial charge in [-0.25, -0.2) is 9.97 Å². The number of ether oxygens (including phenoxy) is 1. The maximum Gasteiger partial charge on any atom is 0.204 e. The molecule has 0 fully saturated rings. The highest BCUT2D eigenvalue weighted by atomic mass is 16.5. The molecule has 7 heteroatoms. The Hall–Kier alpha value is -2.54. The van der Waals surface area contributed by atoms with Crippen LogP contribution in [0.15, 0.2) is 6.33 Å². The highest BCUT2D eigenvalue weighted by Gasteiger charge is 2.17. The summed E-state index contributed by atoms with van der Waals surface area (Å²) in [5, 5.41) is 20.7. The number of aromatic nitrogens is 2. The number of nitrogens with zero attached hydrogens (tertiary/aromatic N) is 5. The molecule has 0 aliphatic rings. The number of anilines is 2. The van der Waals surface area contributed by atoms with Gasteiger partial charge in [-0.1, -0.05) is 6.92 Å². The molecular formula is C12H16N6O. The molecule has 1 aromatic heterocycles. The molecule has 7 nitrogen and oxygen atoms in total. The molecule has 0 amide bonds. The fourth-order valence-corrected chi connectivity index (χ4v) is 1.52. The Bertz CT molecular complexity index is 474. The Balaban J connectivity index is 3.11. The van der Waals surface area contributed by atoms with Crippen LogP contribution in [0.5, 0.6) is 5.75 Å². The van der Waals surface area contributed by atoms with E-state index in [2.05, 4.69) is 15.3 Å². The quantitative estimate of drug-likeness (QED) is 0.734. The van der Waals surface area contributed by atoms with E-state index in [1.165, 1.54) is 18.3 Å². The van der Waals surface area contributed by atoms with E-state index in [4.69, 9.17) is 15.3 Å². The van der Waals surface area contributed by atoms with Crippen LogP contribution in [0.4, 0.5) is 11.6 Å². The third kappa shape index (κ3) is 3.71. The topological polar surface area (TPSA) is 97.9 Å². The Labute approximate surface area is 112 Å². The van der Waals surface area contributed by atoms with Crippen molar-refractivity contribution >= 4 is 11.6 Å². The molecule has 19 heavy (non-hydrogen) atoms. The molecule has 0 aliphatic heterocycles. The monoisotopic (exact) mass is 260 g/mol. The van der Waals surface area contributed by atoms with Gasteiger partial charge in [-0.15, -0.1) is 0 Å². The van der Waals surface area contributed by atoms with Crippen molar-refractivity contribution in [2.24, 2.45) is 0 Å². The van der Waals surface area contributed by atoms with Crippen LogP contribution >= 0.6 is 0 Å². The SMILES string of the molecule is CCCNc1ncnc(N(CC#N)CC#N)c1OC. The van der Waals surface area contributed by atoms with Gasteiger partial charge in [0.05, 0.1) is 19.2 Å². The van der Waals surface area contributed by atoms with Gasteiger partial charge >= 0.3 is 0 Å². The van der Waals surface area contributed by atoms with Crippen molar-refractivity contribution in [3.05, 3.63) is 6.33 Å². The minimum absolute atomic E-state index is 0.0636. The second-order valence-electron chi connectivity index (χ2n) is 3.68. The summed E-state index contributed by atoms with van der Waals surface area (Å²) in [6.07, 6.45) is 2.33. The maximum absolute atomic E-state index is 8.80. The molecule has 1 aromatic rings. The van der Waals surface area contributed by atoms with Crippen molar-refractivity contribution in [3.8, 4) is 17.9 Å². The standard InChI is InChI=1S/C12H16N6O/c1-3-6-15-11-10(19-2)12(17-9-16-11)18(7-4-13)8-5-14/h9H,3,6-8H2,1-2H3,(H,15,16,17). The number of nitrogens with one attached hydrogen (secondary N) is 1. The van der Waals surface area contributed by atoms with Crippen molar-refractivity contribution in [1.82, 2.24) is 9.97 Å². The van der Waals surface area contributed by atoms with Crippen molar-refractivity contribution in [2.45, 2.75) is 13.3 Å². The summed E-state index contributed by atoms with van der Waals surface area (Å²) in [4.78, 5) is 9.75.